The lowest BCUT2D eigenvalue weighted by atomic mass is 10.0. The van der Waals surface area contributed by atoms with Gasteiger partial charge >= 0.3 is 12.8 Å². The zero-order chi connectivity index (χ0) is 24.5. The van der Waals surface area contributed by atoms with Crippen LogP contribution in [-0.4, -0.2) is 28.9 Å². The van der Waals surface area contributed by atoms with Crippen molar-refractivity contribution in [3.63, 3.8) is 0 Å². The molecule has 0 saturated heterocycles. The Bertz CT molecular complexity index is 1370. The molecule has 10 heteroatoms. The molecule has 0 fully saturated rings. The van der Waals surface area contributed by atoms with E-state index < -0.39 is 25.0 Å². The molecule has 0 spiro atoms. The van der Waals surface area contributed by atoms with Gasteiger partial charge < -0.3 is 9.47 Å². The van der Waals surface area contributed by atoms with Crippen LogP contribution in [0.15, 0.2) is 71.7 Å². The molecule has 0 aliphatic carbocycles. The summed E-state index contributed by atoms with van der Waals surface area (Å²) in [4.78, 5) is 17.7. The number of benzene rings is 2. The van der Waals surface area contributed by atoms with E-state index in [1.165, 1.54) is 47.2 Å². The first-order chi connectivity index (χ1) is 16.1. The Kier molecular flexibility index (Phi) is 6.23. The van der Waals surface area contributed by atoms with Crippen LogP contribution >= 0.6 is 0 Å². The van der Waals surface area contributed by atoms with Gasteiger partial charge in [-0.05, 0) is 42.8 Å². The van der Waals surface area contributed by atoms with Crippen molar-refractivity contribution in [3.05, 3.63) is 82.8 Å². The lowest BCUT2D eigenvalue weighted by Gasteiger charge is -2.14. The number of aromatic nitrogens is 2. The van der Waals surface area contributed by atoms with Crippen molar-refractivity contribution in [1.29, 1.82) is 0 Å². The van der Waals surface area contributed by atoms with Crippen LogP contribution in [0.1, 0.15) is 5.56 Å². The summed E-state index contributed by atoms with van der Waals surface area (Å²) in [5, 5.41) is 0.461. The van der Waals surface area contributed by atoms with Crippen molar-refractivity contribution >= 4 is 10.9 Å². The molecule has 0 N–H and O–H groups in total. The van der Waals surface area contributed by atoms with Gasteiger partial charge in [0.25, 0.3) is 5.56 Å². The van der Waals surface area contributed by atoms with Crippen LogP contribution < -0.4 is 15.0 Å². The summed E-state index contributed by atoms with van der Waals surface area (Å²) in [7, 11) is 0. The first-order valence-electron chi connectivity index (χ1n) is 9.99. The van der Waals surface area contributed by atoms with Crippen LogP contribution in [0.4, 0.5) is 22.0 Å². The SMILES string of the molecule is Cc1ccc(-n2cc3ccc(OCC(F)(F)F)nc3c(-c3ccc(OC(F)F)cc3)c2=O)cc1. The fraction of sp³-hybridized carbons (Fsp3) is 0.167. The molecule has 0 aliphatic heterocycles. The van der Waals surface area contributed by atoms with Crippen molar-refractivity contribution in [2.75, 3.05) is 6.61 Å². The van der Waals surface area contributed by atoms with Crippen molar-refractivity contribution in [2.45, 2.75) is 19.7 Å². The van der Waals surface area contributed by atoms with E-state index in [1.54, 1.807) is 12.1 Å². The van der Waals surface area contributed by atoms with Crippen molar-refractivity contribution in [3.8, 4) is 28.4 Å². The summed E-state index contributed by atoms with van der Waals surface area (Å²) < 4.78 is 73.3. The number of rotatable bonds is 6. The molecule has 0 atom stereocenters. The number of fused-ring (bicyclic) bond motifs is 1. The molecule has 2 aromatic carbocycles. The van der Waals surface area contributed by atoms with Gasteiger partial charge in [-0.15, -0.1) is 0 Å². The molecular formula is C24H17F5N2O3. The van der Waals surface area contributed by atoms with Crippen LogP contribution in [0.5, 0.6) is 11.6 Å². The number of pyridine rings is 2. The van der Waals surface area contributed by atoms with Crippen LogP contribution in [0.3, 0.4) is 0 Å². The smallest absolute Gasteiger partial charge is 0.422 e. The quantitative estimate of drug-likeness (QED) is 0.325. The number of alkyl halides is 5. The maximum absolute atomic E-state index is 13.5. The molecule has 0 aliphatic rings. The maximum Gasteiger partial charge on any atom is 0.422 e. The summed E-state index contributed by atoms with van der Waals surface area (Å²) in [6.07, 6.45) is -3.03. The second kappa shape index (κ2) is 9.12. The average Bonchev–Trinajstić information content (AvgIpc) is 2.78. The predicted octanol–water partition coefficient (Wildman–Crippen LogP) is 5.90. The van der Waals surface area contributed by atoms with E-state index in [0.717, 1.165) is 5.56 Å². The second-order valence-electron chi connectivity index (χ2n) is 7.41. The summed E-state index contributed by atoms with van der Waals surface area (Å²) in [5.74, 6) is -0.420. The Labute approximate surface area is 190 Å². The van der Waals surface area contributed by atoms with Gasteiger partial charge in [-0.2, -0.15) is 22.0 Å². The van der Waals surface area contributed by atoms with Gasteiger partial charge in [-0.25, -0.2) is 4.98 Å². The van der Waals surface area contributed by atoms with E-state index in [2.05, 4.69) is 9.72 Å². The highest BCUT2D eigenvalue weighted by molar-refractivity contribution is 5.93. The van der Waals surface area contributed by atoms with E-state index in [4.69, 9.17) is 4.74 Å². The molecule has 0 bridgehead atoms. The van der Waals surface area contributed by atoms with Crippen LogP contribution in [0, 0.1) is 6.92 Å². The van der Waals surface area contributed by atoms with E-state index in [9.17, 15) is 26.7 Å². The lowest BCUT2D eigenvalue weighted by molar-refractivity contribution is -0.154. The van der Waals surface area contributed by atoms with Gasteiger partial charge in [-0.1, -0.05) is 29.8 Å². The van der Waals surface area contributed by atoms with E-state index in [0.29, 0.717) is 16.6 Å². The number of aryl methyl sites for hydroxylation is 1. The molecule has 34 heavy (non-hydrogen) atoms. The Hall–Kier alpha value is -3.95. The Morgan fingerprint density at radius 1 is 0.971 bits per heavy atom. The predicted molar refractivity (Wildman–Crippen MR) is 116 cm³/mol. The number of hydrogen-bond acceptors (Lipinski definition) is 4. The minimum atomic E-state index is -4.56. The highest BCUT2D eigenvalue weighted by Gasteiger charge is 2.29. The summed E-state index contributed by atoms with van der Waals surface area (Å²) in [6, 6.07) is 15.3. The summed E-state index contributed by atoms with van der Waals surface area (Å²) >= 11 is 0. The molecule has 4 rings (SSSR count). The molecule has 2 heterocycles. The van der Waals surface area contributed by atoms with Crippen molar-refractivity contribution in [2.24, 2.45) is 0 Å². The van der Waals surface area contributed by atoms with Gasteiger partial charge in [0, 0.05) is 23.3 Å². The first kappa shape index (κ1) is 23.2. The van der Waals surface area contributed by atoms with Gasteiger partial charge in [0.05, 0.1) is 11.1 Å². The number of halogens is 5. The zero-order valence-corrected chi connectivity index (χ0v) is 17.6. The third-order valence-electron chi connectivity index (χ3n) is 4.90. The summed E-state index contributed by atoms with van der Waals surface area (Å²) in [6.45, 7) is -2.66. The summed E-state index contributed by atoms with van der Waals surface area (Å²) in [5.41, 5.74) is 1.54. The van der Waals surface area contributed by atoms with E-state index in [1.807, 2.05) is 19.1 Å². The fourth-order valence-electron chi connectivity index (χ4n) is 3.37. The molecular weight excluding hydrogens is 459 g/mol. The van der Waals surface area contributed by atoms with Gasteiger partial charge in [-0.3, -0.25) is 9.36 Å². The molecule has 4 aromatic rings. The van der Waals surface area contributed by atoms with Crippen LogP contribution in [0.25, 0.3) is 27.7 Å². The number of ether oxygens (including phenoxy) is 2. The van der Waals surface area contributed by atoms with Crippen molar-refractivity contribution in [1.82, 2.24) is 9.55 Å². The third kappa shape index (κ3) is 5.16. The minimum Gasteiger partial charge on any atom is -0.468 e. The monoisotopic (exact) mass is 476 g/mol. The molecule has 0 amide bonds. The Morgan fingerprint density at radius 3 is 2.26 bits per heavy atom. The van der Waals surface area contributed by atoms with Crippen LogP contribution in [-0.2, 0) is 0 Å². The van der Waals surface area contributed by atoms with Gasteiger partial charge in [0.15, 0.2) is 6.61 Å². The molecule has 5 nitrogen and oxygen atoms in total. The van der Waals surface area contributed by atoms with Gasteiger partial charge in [0.1, 0.15) is 5.75 Å². The normalized spacial score (nSPS) is 11.7. The van der Waals surface area contributed by atoms with E-state index >= 15 is 0 Å². The lowest BCUT2D eigenvalue weighted by Crippen LogP contribution is -2.21. The molecule has 0 saturated carbocycles. The standard InChI is InChI=1S/C24H17F5N2O3/c1-14-2-7-17(8-3-14)31-12-16-6-11-19(33-13-24(27,28)29)30-21(16)20(22(31)32)15-4-9-18(10-5-15)34-23(25)26/h2-12,23H,13H2,1H3. The number of nitrogens with zero attached hydrogens (tertiary/aromatic N) is 2. The molecule has 2 aromatic heterocycles. The zero-order valence-electron chi connectivity index (χ0n) is 17.6. The Morgan fingerprint density at radius 2 is 1.65 bits per heavy atom. The average molecular weight is 476 g/mol. The van der Waals surface area contributed by atoms with Crippen molar-refractivity contribution < 1.29 is 31.4 Å². The fourth-order valence-corrected chi connectivity index (χ4v) is 3.37. The molecule has 0 unspecified atom stereocenters. The molecule has 0 radical (unpaired) electrons. The largest absolute Gasteiger partial charge is 0.468 e. The first-order valence-corrected chi connectivity index (χ1v) is 9.99. The topological polar surface area (TPSA) is 53.4 Å². The third-order valence-corrected chi connectivity index (χ3v) is 4.90. The maximum atomic E-state index is 13.5. The Balaban J connectivity index is 1.90. The van der Waals surface area contributed by atoms with E-state index in [-0.39, 0.29) is 22.7 Å². The van der Waals surface area contributed by atoms with Crippen LogP contribution in [0.2, 0.25) is 0 Å². The minimum absolute atomic E-state index is 0.0686. The molecule has 176 valence electrons. The highest BCUT2D eigenvalue weighted by Crippen LogP contribution is 2.29. The number of hydrogen-bond donors (Lipinski definition) is 0. The second-order valence-corrected chi connectivity index (χ2v) is 7.41. The van der Waals surface area contributed by atoms with Gasteiger partial charge in [0.2, 0.25) is 5.88 Å². The highest BCUT2D eigenvalue weighted by atomic mass is 19.4.